The lowest BCUT2D eigenvalue weighted by atomic mass is 10.2. The van der Waals surface area contributed by atoms with Gasteiger partial charge in [0.15, 0.2) is 0 Å². The molecule has 0 radical (unpaired) electrons. The zero-order valence-corrected chi connectivity index (χ0v) is 12.2. The average Bonchev–Trinajstić information content (AvgIpc) is 2.26. The maximum absolute atomic E-state index is 11.4. The number of rotatable bonds is 5. The third-order valence-corrected chi connectivity index (χ3v) is 4.16. The van der Waals surface area contributed by atoms with Crippen LogP contribution in [0.5, 0.6) is 5.75 Å². The molecule has 0 aromatic heterocycles. The number of amides is 1. The molecule has 0 unspecified atom stereocenters. The molecule has 0 bridgehead atoms. The molecule has 0 aliphatic rings. The van der Waals surface area contributed by atoms with Gasteiger partial charge in [-0.2, -0.15) is 0 Å². The van der Waals surface area contributed by atoms with Crippen molar-refractivity contribution in [1.82, 2.24) is 5.32 Å². The molecule has 0 heterocycles. The van der Waals surface area contributed by atoms with E-state index in [1.54, 1.807) is 24.3 Å². The molecule has 1 aromatic carbocycles. The SMILES string of the molecule is C[Si](C)(C)CCOC(=O)NCc1ccc(O)cc1. The number of aromatic hydroxyl groups is 1. The van der Waals surface area contributed by atoms with Gasteiger partial charge in [-0.1, -0.05) is 31.8 Å². The molecule has 18 heavy (non-hydrogen) atoms. The van der Waals surface area contributed by atoms with Gasteiger partial charge in [0.05, 0.1) is 6.61 Å². The van der Waals surface area contributed by atoms with Crippen LogP contribution in [0.15, 0.2) is 24.3 Å². The first-order valence-corrected chi connectivity index (χ1v) is 9.76. The zero-order valence-electron chi connectivity index (χ0n) is 11.2. The minimum Gasteiger partial charge on any atom is -0.508 e. The minimum absolute atomic E-state index is 0.219. The van der Waals surface area contributed by atoms with E-state index in [0.29, 0.717) is 13.2 Å². The predicted octanol–water partition coefficient (Wildman–Crippen LogP) is 2.96. The third-order valence-electron chi connectivity index (χ3n) is 2.46. The number of hydrogen-bond acceptors (Lipinski definition) is 3. The number of carbonyl (C=O) groups excluding carboxylic acids is 1. The number of hydrogen-bond donors (Lipinski definition) is 2. The van der Waals surface area contributed by atoms with Crippen molar-refractivity contribution in [3.63, 3.8) is 0 Å². The Hall–Kier alpha value is -1.49. The van der Waals surface area contributed by atoms with Gasteiger partial charge in [0.1, 0.15) is 5.75 Å². The Balaban J connectivity index is 2.23. The maximum Gasteiger partial charge on any atom is 0.407 e. The fraction of sp³-hybridized carbons (Fsp3) is 0.462. The van der Waals surface area contributed by atoms with E-state index in [9.17, 15) is 4.79 Å². The summed E-state index contributed by atoms with van der Waals surface area (Å²) in [5.41, 5.74) is 0.926. The van der Waals surface area contributed by atoms with E-state index in [1.165, 1.54) is 0 Å². The molecule has 100 valence electrons. The van der Waals surface area contributed by atoms with Crippen LogP contribution in [0.25, 0.3) is 0 Å². The molecule has 1 aromatic rings. The summed E-state index contributed by atoms with van der Waals surface area (Å²) in [6.45, 7) is 7.61. The monoisotopic (exact) mass is 267 g/mol. The molecule has 1 rings (SSSR count). The Kier molecular flexibility index (Phi) is 5.21. The number of benzene rings is 1. The van der Waals surface area contributed by atoms with Crippen molar-refractivity contribution in [3.8, 4) is 5.75 Å². The van der Waals surface area contributed by atoms with Crippen LogP contribution in [0.1, 0.15) is 5.56 Å². The number of nitrogens with one attached hydrogen (secondary N) is 1. The van der Waals surface area contributed by atoms with Gasteiger partial charge >= 0.3 is 6.09 Å². The second-order valence-corrected chi connectivity index (χ2v) is 11.1. The number of alkyl carbamates (subject to hydrolysis) is 1. The van der Waals surface area contributed by atoms with Crippen LogP contribution in [0.4, 0.5) is 4.79 Å². The summed E-state index contributed by atoms with van der Waals surface area (Å²) < 4.78 is 5.10. The standard InChI is InChI=1S/C13H21NO3Si/c1-18(2,3)9-8-17-13(16)14-10-11-4-6-12(15)7-5-11/h4-7,15H,8-10H2,1-3H3,(H,14,16). The lowest BCUT2D eigenvalue weighted by molar-refractivity contribution is 0.151. The molecule has 0 saturated heterocycles. The van der Waals surface area contributed by atoms with Gasteiger partial charge in [0.25, 0.3) is 0 Å². The highest BCUT2D eigenvalue weighted by molar-refractivity contribution is 6.76. The Morgan fingerprint density at radius 2 is 1.89 bits per heavy atom. The molecule has 0 fully saturated rings. The minimum atomic E-state index is -1.15. The van der Waals surface area contributed by atoms with Gasteiger partial charge in [-0.15, -0.1) is 0 Å². The predicted molar refractivity (Wildman–Crippen MR) is 74.4 cm³/mol. The summed E-state index contributed by atoms with van der Waals surface area (Å²) in [6, 6.07) is 7.68. The van der Waals surface area contributed by atoms with E-state index in [1.807, 2.05) is 0 Å². The molecule has 0 saturated carbocycles. The van der Waals surface area contributed by atoms with E-state index in [0.717, 1.165) is 11.6 Å². The molecule has 2 N–H and O–H groups in total. The van der Waals surface area contributed by atoms with Crippen LogP contribution in [0.3, 0.4) is 0 Å². The molecule has 1 amide bonds. The van der Waals surface area contributed by atoms with E-state index in [2.05, 4.69) is 25.0 Å². The molecular formula is C13H21NO3Si. The molecule has 0 aliphatic carbocycles. The first-order chi connectivity index (χ1) is 8.37. The third kappa shape index (κ3) is 6.29. The maximum atomic E-state index is 11.4. The fourth-order valence-electron chi connectivity index (χ4n) is 1.29. The fourth-order valence-corrected chi connectivity index (χ4v) is 2.00. The highest BCUT2D eigenvalue weighted by atomic mass is 28.3. The Morgan fingerprint density at radius 3 is 2.44 bits per heavy atom. The normalized spacial score (nSPS) is 11.1. The quantitative estimate of drug-likeness (QED) is 0.806. The summed E-state index contributed by atoms with van der Waals surface area (Å²) >= 11 is 0. The first-order valence-electron chi connectivity index (χ1n) is 6.05. The van der Waals surface area contributed by atoms with Gasteiger partial charge in [-0.05, 0) is 23.7 Å². The molecule has 0 atom stereocenters. The van der Waals surface area contributed by atoms with Crippen LogP contribution in [0.2, 0.25) is 25.7 Å². The van der Waals surface area contributed by atoms with Crippen molar-refractivity contribution in [3.05, 3.63) is 29.8 Å². The van der Waals surface area contributed by atoms with Crippen molar-refractivity contribution in [1.29, 1.82) is 0 Å². The molecule has 4 nitrogen and oxygen atoms in total. The summed E-state index contributed by atoms with van der Waals surface area (Å²) in [5.74, 6) is 0.219. The lowest BCUT2D eigenvalue weighted by Gasteiger charge is -2.15. The van der Waals surface area contributed by atoms with Crippen LogP contribution >= 0.6 is 0 Å². The number of phenols is 1. The van der Waals surface area contributed by atoms with Crippen LogP contribution in [-0.4, -0.2) is 25.9 Å². The molecular weight excluding hydrogens is 246 g/mol. The number of phenolic OH excluding ortho intramolecular Hbond substituents is 1. The topological polar surface area (TPSA) is 58.6 Å². The van der Waals surface area contributed by atoms with Crippen molar-refractivity contribution in [2.75, 3.05) is 6.61 Å². The highest BCUT2D eigenvalue weighted by Crippen LogP contribution is 2.09. The number of carbonyl (C=O) groups is 1. The second-order valence-electron chi connectivity index (χ2n) is 5.47. The summed E-state index contributed by atoms with van der Waals surface area (Å²) in [6.07, 6.45) is -0.388. The highest BCUT2D eigenvalue weighted by Gasteiger charge is 2.13. The smallest absolute Gasteiger partial charge is 0.407 e. The van der Waals surface area contributed by atoms with Crippen molar-refractivity contribution < 1.29 is 14.6 Å². The molecule has 5 heteroatoms. The van der Waals surface area contributed by atoms with Crippen molar-refractivity contribution in [2.24, 2.45) is 0 Å². The Bertz CT molecular complexity index is 384. The van der Waals surface area contributed by atoms with Gasteiger partial charge in [-0.3, -0.25) is 0 Å². The van der Waals surface area contributed by atoms with E-state index < -0.39 is 8.07 Å². The molecule has 0 spiro atoms. The number of ether oxygens (including phenoxy) is 1. The van der Waals surface area contributed by atoms with Crippen molar-refractivity contribution in [2.45, 2.75) is 32.2 Å². The second kappa shape index (κ2) is 6.44. The summed E-state index contributed by atoms with van der Waals surface area (Å²) in [7, 11) is -1.15. The van der Waals surface area contributed by atoms with E-state index >= 15 is 0 Å². The zero-order chi connectivity index (χ0) is 13.6. The van der Waals surface area contributed by atoms with Gasteiger partial charge in [0.2, 0.25) is 0 Å². The Morgan fingerprint density at radius 1 is 1.28 bits per heavy atom. The summed E-state index contributed by atoms with van der Waals surface area (Å²) in [5, 5.41) is 11.8. The average molecular weight is 267 g/mol. The van der Waals surface area contributed by atoms with Crippen LogP contribution < -0.4 is 5.32 Å². The van der Waals surface area contributed by atoms with Gasteiger partial charge in [-0.25, -0.2) is 4.79 Å². The largest absolute Gasteiger partial charge is 0.508 e. The van der Waals surface area contributed by atoms with E-state index in [-0.39, 0.29) is 11.8 Å². The first kappa shape index (κ1) is 14.6. The lowest BCUT2D eigenvalue weighted by Crippen LogP contribution is -2.27. The van der Waals surface area contributed by atoms with Crippen LogP contribution in [0, 0.1) is 0 Å². The molecule has 0 aliphatic heterocycles. The summed E-state index contributed by atoms with van der Waals surface area (Å²) in [4.78, 5) is 11.4. The van der Waals surface area contributed by atoms with Gasteiger partial charge < -0.3 is 15.2 Å². The van der Waals surface area contributed by atoms with Crippen molar-refractivity contribution >= 4 is 14.2 Å². The Labute approximate surface area is 109 Å². The van der Waals surface area contributed by atoms with E-state index in [4.69, 9.17) is 9.84 Å². The van der Waals surface area contributed by atoms with Gasteiger partial charge in [0, 0.05) is 14.6 Å². The van der Waals surface area contributed by atoms with Crippen LogP contribution in [-0.2, 0) is 11.3 Å².